The molecule has 172 valence electrons. The van der Waals surface area contributed by atoms with E-state index in [4.69, 9.17) is 23.4 Å². The van der Waals surface area contributed by atoms with E-state index < -0.39 is 9.04 Å². The molecule has 2 aliphatic rings. The number of rotatable bonds is 9. The number of methoxy groups -OCH3 is 2. The van der Waals surface area contributed by atoms with Gasteiger partial charge in [0, 0.05) is 13.0 Å². The summed E-state index contributed by atoms with van der Waals surface area (Å²) in [5, 5.41) is 0. The highest BCUT2D eigenvalue weighted by atomic mass is 28.3. The summed E-state index contributed by atoms with van der Waals surface area (Å²) in [5.41, 5.74) is 3.65. The van der Waals surface area contributed by atoms with E-state index in [0.29, 0.717) is 19.1 Å². The minimum Gasteiger partial charge on any atom is -0.497 e. The second-order valence-electron chi connectivity index (χ2n) is 9.78. The fraction of sp³-hybridized carbons (Fsp3) is 0.600. The highest BCUT2D eigenvalue weighted by Crippen LogP contribution is 2.47. The molecule has 0 aromatic heterocycles. The van der Waals surface area contributed by atoms with Crippen molar-refractivity contribution in [3.63, 3.8) is 0 Å². The van der Waals surface area contributed by atoms with Crippen LogP contribution in [0.5, 0.6) is 5.75 Å². The summed E-state index contributed by atoms with van der Waals surface area (Å²) in [6.07, 6.45) is 4.97. The molecule has 5 nitrogen and oxygen atoms in total. The van der Waals surface area contributed by atoms with E-state index in [1.807, 2.05) is 30.5 Å². The zero-order valence-corrected chi connectivity index (χ0v) is 21.2. The second-order valence-corrected chi connectivity index (χ2v) is 12.1. The van der Waals surface area contributed by atoms with E-state index in [2.05, 4.69) is 39.9 Å². The lowest BCUT2D eigenvalue weighted by molar-refractivity contribution is -0.134. The first-order valence-electron chi connectivity index (χ1n) is 11.2. The van der Waals surface area contributed by atoms with E-state index in [-0.39, 0.29) is 23.7 Å². The lowest BCUT2D eigenvalue weighted by atomic mass is 9.76. The normalized spacial score (nSPS) is 24.3. The number of hydrogen-bond donors (Lipinski definition) is 0. The molecule has 1 aromatic rings. The van der Waals surface area contributed by atoms with Gasteiger partial charge in [-0.15, -0.1) is 0 Å². The van der Waals surface area contributed by atoms with Gasteiger partial charge in [-0.25, -0.2) is 0 Å². The third-order valence-corrected chi connectivity index (χ3v) is 6.79. The smallest absolute Gasteiger partial charge is 0.205 e. The largest absolute Gasteiger partial charge is 0.497 e. The summed E-state index contributed by atoms with van der Waals surface area (Å²) in [6, 6.07) is 7.98. The Morgan fingerprint density at radius 1 is 1.10 bits per heavy atom. The van der Waals surface area contributed by atoms with Crippen LogP contribution in [0.3, 0.4) is 0 Å². The maximum Gasteiger partial charge on any atom is 0.205 e. The quantitative estimate of drug-likeness (QED) is 0.391. The molecule has 1 unspecified atom stereocenters. The second kappa shape index (κ2) is 10.3. The Balaban J connectivity index is 1.69. The molecule has 1 aromatic carbocycles. The van der Waals surface area contributed by atoms with Crippen molar-refractivity contribution in [3.05, 3.63) is 53.3 Å². The summed E-state index contributed by atoms with van der Waals surface area (Å²) < 4.78 is 29.6. The molecule has 0 saturated carbocycles. The minimum absolute atomic E-state index is 0.0163. The van der Waals surface area contributed by atoms with Crippen LogP contribution in [0.1, 0.15) is 32.8 Å². The SMILES string of the molecule is COc1ccc(COCC2=CO[C@@H](OC)[C@@H]3C(C(O[SiH](C)C)C(C)(C)C)=CC[C@H]23)cc1. The fourth-order valence-electron chi connectivity index (χ4n) is 4.52. The third kappa shape index (κ3) is 5.80. The van der Waals surface area contributed by atoms with Crippen LogP contribution < -0.4 is 4.74 Å². The van der Waals surface area contributed by atoms with Gasteiger partial charge in [-0.3, -0.25) is 0 Å². The highest BCUT2D eigenvalue weighted by Gasteiger charge is 2.46. The van der Waals surface area contributed by atoms with Crippen molar-refractivity contribution in [1.82, 2.24) is 0 Å². The van der Waals surface area contributed by atoms with Crippen molar-refractivity contribution in [2.45, 2.75) is 59.3 Å². The van der Waals surface area contributed by atoms with E-state index in [1.165, 1.54) is 11.1 Å². The molecule has 1 heterocycles. The number of ether oxygens (including phenoxy) is 4. The Bertz CT molecular complexity index is 778. The lowest BCUT2D eigenvalue weighted by Crippen LogP contribution is -2.42. The van der Waals surface area contributed by atoms with Gasteiger partial charge in [-0.2, -0.15) is 0 Å². The van der Waals surface area contributed by atoms with Gasteiger partial charge < -0.3 is 23.4 Å². The Kier molecular flexibility index (Phi) is 8.02. The van der Waals surface area contributed by atoms with Gasteiger partial charge in [0.15, 0.2) is 9.04 Å². The van der Waals surface area contributed by atoms with Crippen LogP contribution in [0.15, 0.2) is 47.7 Å². The zero-order chi connectivity index (χ0) is 22.6. The van der Waals surface area contributed by atoms with Crippen LogP contribution in [-0.2, 0) is 25.2 Å². The number of allylic oxidation sites excluding steroid dienone is 1. The van der Waals surface area contributed by atoms with Crippen molar-refractivity contribution >= 4 is 9.04 Å². The van der Waals surface area contributed by atoms with Gasteiger partial charge in [0.2, 0.25) is 6.29 Å². The molecule has 31 heavy (non-hydrogen) atoms. The Morgan fingerprint density at radius 2 is 1.81 bits per heavy atom. The molecular formula is C25H38O5Si. The van der Waals surface area contributed by atoms with Gasteiger partial charge in [0.05, 0.1) is 38.6 Å². The van der Waals surface area contributed by atoms with E-state index >= 15 is 0 Å². The monoisotopic (exact) mass is 446 g/mol. The van der Waals surface area contributed by atoms with Gasteiger partial charge in [0.25, 0.3) is 0 Å². The molecule has 0 amide bonds. The predicted octanol–water partition coefficient (Wildman–Crippen LogP) is 5.08. The number of benzene rings is 1. The maximum atomic E-state index is 6.53. The van der Waals surface area contributed by atoms with Crippen molar-refractivity contribution in [1.29, 1.82) is 0 Å². The molecule has 0 saturated heterocycles. The number of fused-ring (bicyclic) bond motifs is 1. The Hall–Kier alpha value is -1.60. The van der Waals surface area contributed by atoms with Crippen molar-refractivity contribution < 1.29 is 23.4 Å². The van der Waals surface area contributed by atoms with Gasteiger partial charge >= 0.3 is 0 Å². The summed E-state index contributed by atoms with van der Waals surface area (Å²) in [4.78, 5) is 0. The van der Waals surface area contributed by atoms with Crippen LogP contribution >= 0.6 is 0 Å². The van der Waals surface area contributed by atoms with E-state index in [1.54, 1.807) is 14.2 Å². The summed E-state index contributed by atoms with van der Waals surface area (Å²) in [6.45, 7) is 12.3. The summed E-state index contributed by atoms with van der Waals surface area (Å²) in [5.74, 6) is 1.34. The summed E-state index contributed by atoms with van der Waals surface area (Å²) >= 11 is 0. The van der Waals surface area contributed by atoms with Gasteiger partial charge in [-0.1, -0.05) is 39.0 Å². The molecule has 3 rings (SSSR count). The van der Waals surface area contributed by atoms with Crippen molar-refractivity contribution in [2.24, 2.45) is 17.3 Å². The average molecular weight is 447 g/mol. The van der Waals surface area contributed by atoms with Crippen molar-refractivity contribution in [2.75, 3.05) is 20.8 Å². The first-order valence-corrected chi connectivity index (χ1v) is 14.0. The maximum absolute atomic E-state index is 6.53. The molecule has 0 N–H and O–H groups in total. The molecule has 6 heteroatoms. The first-order chi connectivity index (χ1) is 14.7. The highest BCUT2D eigenvalue weighted by molar-refractivity contribution is 6.48. The number of hydrogen-bond acceptors (Lipinski definition) is 5. The zero-order valence-electron chi connectivity index (χ0n) is 20.0. The standard InChI is InChI=1S/C25H38O5Si/c1-25(2,3)23(30-31(6)7)21-13-12-20-18(16-29-24(27-5)22(20)21)15-28-14-17-8-10-19(26-4)11-9-17/h8-11,13,16,20,22-24,31H,12,14-15H2,1-7H3/t20-,22+,23?,24-/m1/s1. The third-order valence-electron chi connectivity index (χ3n) is 5.98. The van der Waals surface area contributed by atoms with Crippen LogP contribution in [-0.4, -0.2) is 42.3 Å². The molecule has 0 fully saturated rings. The van der Waals surface area contributed by atoms with Gasteiger partial charge in [0.1, 0.15) is 5.75 Å². The molecule has 0 spiro atoms. The fourth-order valence-corrected chi connectivity index (χ4v) is 5.63. The molecule has 1 aliphatic carbocycles. The predicted molar refractivity (Wildman–Crippen MR) is 126 cm³/mol. The van der Waals surface area contributed by atoms with Crippen molar-refractivity contribution in [3.8, 4) is 5.75 Å². The molecule has 1 aliphatic heterocycles. The molecule has 4 atom stereocenters. The molecule has 0 radical (unpaired) electrons. The van der Waals surface area contributed by atoms with Crippen LogP contribution in [0, 0.1) is 17.3 Å². The van der Waals surface area contributed by atoms with E-state index in [9.17, 15) is 0 Å². The lowest BCUT2D eigenvalue weighted by Gasteiger charge is -2.41. The topological polar surface area (TPSA) is 46.2 Å². The summed E-state index contributed by atoms with van der Waals surface area (Å²) in [7, 11) is 2.19. The Labute approximate surface area is 189 Å². The van der Waals surface area contributed by atoms with E-state index in [0.717, 1.165) is 17.7 Å². The molecule has 0 bridgehead atoms. The minimum atomic E-state index is -1.21. The van der Waals surface area contributed by atoms with Crippen LogP contribution in [0.4, 0.5) is 0 Å². The van der Waals surface area contributed by atoms with Gasteiger partial charge in [-0.05, 0) is 53.8 Å². The van der Waals surface area contributed by atoms with Crippen LogP contribution in [0.2, 0.25) is 13.1 Å². The van der Waals surface area contributed by atoms with Crippen LogP contribution in [0.25, 0.3) is 0 Å². The molecular weight excluding hydrogens is 408 g/mol. The Morgan fingerprint density at radius 3 is 2.39 bits per heavy atom. The first kappa shape index (κ1) is 24.0. The average Bonchev–Trinajstić information content (AvgIpc) is 3.17.